The fourth-order valence-corrected chi connectivity index (χ4v) is 4.16. The third-order valence-corrected chi connectivity index (χ3v) is 6.06. The zero-order chi connectivity index (χ0) is 23.4. The van der Waals surface area contributed by atoms with Crippen LogP contribution in [0.3, 0.4) is 0 Å². The van der Waals surface area contributed by atoms with Gasteiger partial charge in [-0.15, -0.1) is 0 Å². The van der Waals surface area contributed by atoms with Crippen molar-refractivity contribution < 1.29 is 4.74 Å². The van der Waals surface area contributed by atoms with Gasteiger partial charge in [-0.1, -0.05) is 64.3 Å². The number of benzene rings is 3. The summed E-state index contributed by atoms with van der Waals surface area (Å²) in [5.41, 5.74) is 1.99. The Balaban J connectivity index is 1.67. The maximum Gasteiger partial charge on any atom is 0.282 e. The van der Waals surface area contributed by atoms with Gasteiger partial charge in [-0.05, 0) is 48.9 Å². The normalized spacial score (nSPS) is 11.4. The first kappa shape index (κ1) is 23.5. The predicted octanol–water partition coefficient (Wildman–Crippen LogP) is 6.88. The highest BCUT2D eigenvalue weighted by molar-refractivity contribution is 9.10. The van der Waals surface area contributed by atoms with Crippen LogP contribution in [-0.4, -0.2) is 15.9 Å². The van der Waals surface area contributed by atoms with Crippen molar-refractivity contribution in [3.05, 3.63) is 102 Å². The second-order valence-corrected chi connectivity index (χ2v) is 9.12. The molecule has 1 heterocycles. The number of para-hydroxylation sites is 1. The summed E-state index contributed by atoms with van der Waals surface area (Å²) >= 11 is 15.7. The molecule has 0 radical (unpaired) electrons. The Morgan fingerprint density at radius 2 is 1.94 bits per heavy atom. The molecule has 0 bridgehead atoms. The number of ether oxygens (including phenoxy) is 1. The van der Waals surface area contributed by atoms with Crippen molar-refractivity contribution in [2.24, 2.45) is 5.10 Å². The van der Waals surface area contributed by atoms with Gasteiger partial charge in [-0.2, -0.15) is 9.78 Å². The summed E-state index contributed by atoms with van der Waals surface area (Å²) < 4.78 is 8.18. The summed E-state index contributed by atoms with van der Waals surface area (Å²) in [6.07, 6.45) is 3.09. The van der Waals surface area contributed by atoms with E-state index in [1.807, 2.05) is 49.4 Å². The van der Waals surface area contributed by atoms with Crippen molar-refractivity contribution in [2.45, 2.75) is 26.4 Å². The van der Waals surface area contributed by atoms with E-state index in [-0.39, 0.29) is 12.2 Å². The lowest BCUT2D eigenvalue weighted by Gasteiger charge is -2.11. The lowest BCUT2D eigenvalue weighted by Crippen LogP contribution is -2.22. The first-order chi connectivity index (χ1) is 16.0. The van der Waals surface area contributed by atoms with Gasteiger partial charge in [0.1, 0.15) is 18.2 Å². The number of fused-ring (bicyclic) bond motifs is 1. The van der Waals surface area contributed by atoms with E-state index in [0.29, 0.717) is 38.9 Å². The monoisotopic (exact) mass is 543 g/mol. The minimum atomic E-state index is -0.215. The molecule has 5 nitrogen and oxygen atoms in total. The van der Waals surface area contributed by atoms with Crippen molar-refractivity contribution in [3.63, 3.8) is 0 Å². The zero-order valence-corrected chi connectivity index (χ0v) is 20.9. The molecule has 3 aromatic carbocycles. The first-order valence-electron chi connectivity index (χ1n) is 10.4. The van der Waals surface area contributed by atoms with Crippen LogP contribution in [0, 0.1) is 0 Å². The standard InChI is InChI=1S/C25H20BrCl2N3O2/c1-2-5-24-30-22-11-9-18(26)12-20(22)25(32)31(24)29-14-16-6-3-4-7-23(16)33-15-17-8-10-19(27)13-21(17)28/h3-4,6-14H,2,5,15H2,1H3. The molecule has 0 aliphatic heterocycles. The average Bonchev–Trinajstić information content (AvgIpc) is 2.80. The van der Waals surface area contributed by atoms with Gasteiger partial charge in [0.15, 0.2) is 0 Å². The largest absolute Gasteiger partial charge is 0.488 e. The van der Waals surface area contributed by atoms with Crippen molar-refractivity contribution in [3.8, 4) is 5.75 Å². The number of aromatic nitrogens is 2. The molecule has 8 heteroatoms. The van der Waals surface area contributed by atoms with Gasteiger partial charge in [0.25, 0.3) is 5.56 Å². The Morgan fingerprint density at radius 3 is 2.73 bits per heavy atom. The third kappa shape index (κ3) is 5.46. The summed E-state index contributed by atoms with van der Waals surface area (Å²) in [7, 11) is 0. The third-order valence-electron chi connectivity index (χ3n) is 4.98. The maximum atomic E-state index is 13.2. The Labute approximate surface area is 209 Å². The van der Waals surface area contributed by atoms with Crippen molar-refractivity contribution >= 4 is 56.2 Å². The summed E-state index contributed by atoms with van der Waals surface area (Å²) in [5, 5.41) is 6.11. The summed E-state index contributed by atoms with van der Waals surface area (Å²) in [5.74, 6) is 1.23. The van der Waals surface area contributed by atoms with E-state index >= 15 is 0 Å². The SMILES string of the molecule is CCCc1nc2ccc(Br)cc2c(=O)n1N=Cc1ccccc1OCc1ccc(Cl)cc1Cl. The highest BCUT2D eigenvalue weighted by Gasteiger charge is 2.11. The van der Waals surface area contributed by atoms with Gasteiger partial charge in [0.2, 0.25) is 0 Å². The summed E-state index contributed by atoms with van der Waals surface area (Å²) in [6, 6.07) is 18.2. The maximum absolute atomic E-state index is 13.2. The van der Waals surface area contributed by atoms with Crippen molar-refractivity contribution in [1.29, 1.82) is 0 Å². The fourth-order valence-electron chi connectivity index (χ4n) is 3.33. The zero-order valence-electron chi connectivity index (χ0n) is 17.8. The Bertz CT molecular complexity index is 1400. The van der Waals surface area contributed by atoms with Crippen LogP contribution in [0.1, 0.15) is 30.3 Å². The lowest BCUT2D eigenvalue weighted by atomic mass is 10.2. The smallest absolute Gasteiger partial charge is 0.282 e. The van der Waals surface area contributed by atoms with Gasteiger partial charge in [0.05, 0.1) is 17.1 Å². The fraction of sp³-hybridized carbons (Fsp3) is 0.160. The van der Waals surface area contributed by atoms with E-state index in [1.54, 1.807) is 24.4 Å². The first-order valence-corrected chi connectivity index (χ1v) is 11.9. The molecular weight excluding hydrogens is 525 g/mol. The Kier molecular flexibility index (Phi) is 7.48. The molecule has 33 heavy (non-hydrogen) atoms. The van der Waals surface area contributed by atoms with Crippen LogP contribution in [-0.2, 0) is 13.0 Å². The van der Waals surface area contributed by atoms with E-state index in [1.165, 1.54) is 4.68 Å². The second kappa shape index (κ2) is 10.5. The molecule has 0 unspecified atom stereocenters. The minimum Gasteiger partial charge on any atom is -0.488 e. The molecule has 0 amide bonds. The predicted molar refractivity (Wildman–Crippen MR) is 138 cm³/mol. The molecule has 0 N–H and O–H groups in total. The number of hydrogen-bond donors (Lipinski definition) is 0. The summed E-state index contributed by atoms with van der Waals surface area (Å²) in [4.78, 5) is 17.9. The molecule has 0 atom stereocenters. The van der Waals surface area contributed by atoms with E-state index in [4.69, 9.17) is 27.9 Å². The van der Waals surface area contributed by atoms with E-state index in [9.17, 15) is 4.79 Å². The van der Waals surface area contributed by atoms with Gasteiger partial charge in [-0.25, -0.2) is 4.98 Å². The molecule has 0 aliphatic carbocycles. The van der Waals surface area contributed by atoms with Crippen molar-refractivity contribution in [1.82, 2.24) is 9.66 Å². The number of halogens is 3. The quantitative estimate of drug-likeness (QED) is 0.238. The number of rotatable bonds is 7. The van der Waals surface area contributed by atoms with Crippen LogP contribution in [0.2, 0.25) is 10.0 Å². The van der Waals surface area contributed by atoms with Crippen LogP contribution in [0.4, 0.5) is 0 Å². The Hall–Kier alpha value is -2.67. The molecule has 4 rings (SSSR count). The van der Waals surface area contributed by atoms with Crippen LogP contribution in [0.25, 0.3) is 10.9 Å². The molecule has 0 saturated heterocycles. The Morgan fingerprint density at radius 1 is 1.12 bits per heavy atom. The van der Waals surface area contributed by atoms with Gasteiger partial charge < -0.3 is 4.74 Å². The van der Waals surface area contributed by atoms with Gasteiger partial charge in [0, 0.05) is 32.1 Å². The van der Waals surface area contributed by atoms with Crippen LogP contribution >= 0.6 is 39.1 Å². The topological polar surface area (TPSA) is 56.5 Å². The van der Waals surface area contributed by atoms with Crippen LogP contribution in [0.5, 0.6) is 5.75 Å². The molecular formula is C25H20BrCl2N3O2. The lowest BCUT2D eigenvalue weighted by molar-refractivity contribution is 0.306. The minimum absolute atomic E-state index is 0.215. The molecule has 0 saturated carbocycles. The molecule has 168 valence electrons. The average molecular weight is 545 g/mol. The molecule has 1 aromatic heterocycles. The van der Waals surface area contributed by atoms with E-state index in [0.717, 1.165) is 22.0 Å². The molecule has 0 spiro atoms. The van der Waals surface area contributed by atoms with Crippen LogP contribution < -0.4 is 10.3 Å². The van der Waals surface area contributed by atoms with E-state index in [2.05, 4.69) is 26.0 Å². The van der Waals surface area contributed by atoms with Gasteiger partial charge >= 0.3 is 0 Å². The number of nitrogens with zero attached hydrogens (tertiary/aromatic N) is 3. The number of aryl methyl sites for hydroxylation is 1. The van der Waals surface area contributed by atoms with Crippen LogP contribution in [0.15, 0.2) is 75.0 Å². The van der Waals surface area contributed by atoms with Crippen molar-refractivity contribution in [2.75, 3.05) is 0 Å². The second-order valence-electron chi connectivity index (χ2n) is 7.36. The highest BCUT2D eigenvalue weighted by Crippen LogP contribution is 2.24. The number of hydrogen-bond acceptors (Lipinski definition) is 4. The van der Waals surface area contributed by atoms with Gasteiger partial charge in [-0.3, -0.25) is 4.79 Å². The summed E-state index contributed by atoms with van der Waals surface area (Å²) in [6.45, 7) is 2.31. The van der Waals surface area contributed by atoms with E-state index < -0.39 is 0 Å². The molecule has 0 aliphatic rings. The molecule has 0 fully saturated rings. The molecule has 4 aromatic rings. The highest BCUT2D eigenvalue weighted by atomic mass is 79.9.